The minimum atomic E-state index is -0.897. The quantitative estimate of drug-likeness (QED) is 0.176. The summed E-state index contributed by atoms with van der Waals surface area (Å²) in [5, 5.41) is 11.8. The number of carbonyl (C=O) groups excluding carboxylic acids is 2. The minimum Gasteiger partial charge on any atom is -0.507 e. The van der Waals surface area contributed by atoms with E-state index in [2.05, 4.69) is 4.98 Å². The molecule has 0 spiro atoms. The molecule has 1 atom stereocenters. The minimum absolute atomic E-state index is 0.0681. The van der Waals surface area contributed by atoms with Crippen molar-refractivity contribution >= 4 is 29.1 Å². The van der Waals surface area contributed by atoms with Crippen molar-refractivity contribution in [3.8, 4) is 17.2 Å². The van der Waals surface area contributed by atoms with Gasteiger partial charge in [-0.3, -0.25) is 14.6 Å². The molecule has 4 aromatic rings. The maximum atomic E-state index is 13.4. The number of hydrogen-bond acceptors (Lipinski definition) is 6. The Morgan fingerprint density at radius 3 is 2.42 bits per heavy atom. The van der Waals surface area contributed by atoms with Gasteiger partial charge < -0.3 is 19.5 Å². The van der Waals surface area contributed by atoms with E-state index in [1.165, 1.54) is 18.1 Å². The highest BCUT2D eigenvalue weighted by Crippen LogP contribution is 2.43. The van der Waals surface area contributed by atoms with Crippen LogP contribution in [0.5, 0.6) is 17.2 Å². The smallest absolute Gasteiger partial charge is 0.295 e. The van der Waals surface area contributed by atoms with E-state index in [0.29, 0.717) is 27.8 Å². The summed E-state index contributed by atoms with van der Waals surface area (Å²) < 4.78 is 11.4. The van der Waals surface area contributed by atoms with Crippen LogP contribution in [0.25, 0.3) is 5.76 Å². The van der Waals surface area contributed by atoms with Crippen molar-refractivity contribution in [2.75, 3.05) is 7.11 Å². The predicted molar refractivity (Wildman–Crippen MR) is 143 cm³/mol. The molecule has 1 fully saturated rings. The van der Waals surface area contributed by atoms with Crippen molar-refractivity contribution in [2.45, 2.75) is 12.6 Å². The van der Waals surface area contributed by atoms with Gasteiger partial charge in [0.05, 0.1) is 24.3 Å². The number of ether oxygens (including phenoxy) is 2. The Morgan fingerprint density at radius 1 is 0.947 bits per heavy atom. The molecule has 1 amide bonds. The highest BCUT2D eigenvalue weighted by atomic mass is 35.5. The lowest BCUT2D eigenvalue weighted by Gasteiger charge is -2.26. The number of aliphatic hydroxyl groups is 1. The van der Waals surface area contributed by atoms with E-state index >= 15 is 0 Å². The zero-order chi connectivity index (χ0) is 26.6. The molecule has 0 radical (unpaired) electrons. The van der Waals surface area contributed by atoms with Gasteiger partial charge in [0.1, 0.15) is 23.0 Å². The van der Waals surface area contributed by atoms with Gasteiger partial charge in [-0.2, -0.15) is 0 Å². The van der Waals surface area contributed by atoms with Crippen LogP contribution in [0.4, 0.5) is 0 Å². The number of rotatable bonds is 7. The fourth-order valence-electron chi connectivity index (χ4n) is 4.46. The van der Waals surface area contributed by atoms with E-state index < -0.39 is 17.7 Å². The second-order valence-corrected chi connectivity index (χ2v) is 9.05. The molecule has 0 bridgehead atoms. The van der Waals surface area contributed by atoms with Crippen LogP contribution in [-0.4, -0.2) is 33.8 Å². The normalized spacial score (nSPS) is 16.5. The molecule has 3 aromatic carbocycles. The first-order valence-corrected chi connectivity index (χ1v) is 12.2. The molecular formula is C30H23ClN2O5. The maximum absolute atomic E-state index is 13.4. The summed E-state index contributed by atoms with van der Waals surface area (Å²) in [6.07, 6.45) is 3.23. The van der Waals surface area contributed by atoms with Gasteiger partial charge in [0.2, 0.25) is 0 Å². The molecule has 1 saturated heterocycles. The molecule has 8 heteroatoms. The summed E-state index contributed by atoms with van der Waals surface area (Å²) in [6.45, 7) is 0.130. The number of aromatic nitrogens is 1. The predicted octanol–water partition coefficient (Wildman–Crippen LogP) is 6.16. The summed E-state index contributed by atoms with van der Waals surface area (Å²) in [4.78, 5) is 32.3. The maximum Gasteiger partial charge on any atom is 0.295 e. The molecule has 1 N–H and O–H groups in total. The molecule has 1 aliphatic heterocycles. The van der Waals surface area contributed by atoms with Gasteiger partial charge in [0.15, 0.2) is 0 Å². The number of Topliss-reactive ketones (excluding diaryl/α,β-unsaturated/α-hetero) is 1. The van der Waals surface area contributed by atoms with Gasteiger partial charge in [-0.1, -0.05) is 41.9 Å². The molecule has 38 heavy (non-hydrogen) atoms. The Kier molecular flexibility index (Phi) is 7.11. The molecule has 1 aromatic heterocycles. The Morgan fingerprint density at radius 2 is 1.68 bits per heavy atom. The van der Waals surface area contributed by atoms with Crippen molar-refractivity contribution in [1.29, 1.82) is 0 Å². The first-order chi connectivity index (χ1) is 18.5. The zero-order valence-corrected chi connectivity index (χ0v) is 21.1. The molecule has 190 valence electrons. The number of hydrogen-bond donors (Lipinski definition) is 1. The molecule has 0 saturated carbocycles. The van der Waals surface area contributed by atoms with Crippen molar-refractivity contribution < 1.29 is 24.2 Å². The lowest BCUT2D eigenvalue weighted by molar-refractivity contribution is -0.140. The van der Waals surface area contributed by atoms with Crippen LogP contribution in [0.15, 0.2) is 103 Å². The van der Waals surface area contributed by atoms with E-state index in [0.717, 1.165) is 5.56 Å². The molecule has 1 aliphatic rings. The van der Waals surface area contributed by atoms with Crippen LogP contribution >= 0.6 is 11.6 Å². The third-order valence-corrected chi connectivity index (χ3v) is 6.45. The molecule has 5 rings (SSSR count). The van der Waals surface area contributed by atoms with Crippen LogP contribution in [0.1, 0.15) is 22.7 Å². The lowest BCUT2D eigenvalue weighted by atomic mass is 9.94. The van der Waals surface area contributed by atoms with Crippen LogP contribution in [-0.2, 0) is 16.1 Å². The summed E-state index contributed by atoms with van der Waals surface area (Å²) in [6, 6.07) is 23.7. The second-order valence-electron chi connectivity index (χ2n) is 8.61. The van der Waals surface area contributed by atoms with Crippen LogP contribution in [0.2, 0.25) is 5.02 Å². The van der Waals surface area contributed by atoms with Crippen molar-refractivity contribution in [3.63, 3.8) is 0 Å². The molecule has 1 unspecified atom stereocenters. The third-order valence-electron chi connectivity index (χ3n) is 6.21. The van der Waals surface area contributed by atoms with Crippen molar-refractivity contribution in [2.24, 2.45) is 0 Å². The molecule has 0 aliphatic carbocycles. The number of carbonyl (C=O) groups is 2. The number of amides is 1. The van der Waals surface area contributed by atoms with Gasteiger partial charge in [0, 0.05) is 24.0 Å². The topological polar surface area (TPSA) is 89.0 Å². The van der Waals surface area contributed by atoms with Gasteiger partial charge in [0.25, 0.3) is 11.7 Å². The lowest BCUT2D eigenvalue weighted by Crippen LogP contribution is -2.29. The summed E-state index contributed by atoms with van der Waals surface area (Å²) in [5.74, 6) is -0.448. The number of halogens is 1. The standard InChI is InChI=1S/C30H23ClN2O5/c1-37-25-11-10-21(31)17-24(25)28(34)26-27(33(30(36)29(26)35)18-19-12-14-32-15-13-19)20-6-5-9-23(16-20)38-22-7-3-2-4-8-22/h2-17,27,34H,18H2,1H3/b28-26+. The first kappa shape index (κ1) is 25.0. The number of benzene rings is 3. The average molecular weight is 527 g/mol. The molecular weight excluding hydrogens is 504 g/mol. The number of pyridine rings is 1. The number of methoxy groups -OCH3 is 1. The highest BCUT2D eigenvalue weighted by Gasteiger charge is 2.46. The fourth-order valence-corrected chi connectivity index (χ4v) is 4.63. The van der Waals surface area contributed by atoms with Gasteiger partial charge >= 0.3 is 0 Å². The van der Waals surface area contributed by atoms with Crippen molar-refractivity contribution in [1.82, 2.24) is 9.88 Å². The first-order valence-electron chi connectivity index (χ1n) is 11.8. The van der Waals surface area contributed by atoms with E-state index in [9.17, 15) is 14.7 Å². The van der Waals surface area contributed by atoms with Crippen LogP contribution in [0.3, 0.4) is 0 Å². The number of ketones is 1. The molecule has 2 heterocycles. The largest absolute Gasteiger partial charge is 0.507 e. The number of para-hydroxylation sites is 1. The van der Waals surface area contributed by atoms with Crippen molar-refractivity contribution in [3.05, 3.63) is 125 Å². The van der Waals surface area contributed by atoms with Gasteiger partial charge in [-0.25, -0.2) is 0 Å². The monoisotopic (exact) mass is 526 g/mol. The van der Waals surface area contributed by atoms with Crippen LogP contribution < -0.4 is 9.47 Å². The van der Waals surface area contributed by atoms with E-state index in [1.54, 1.807) is 60.9 Å². The summed E-state index contributed by atoms with van der Waals surface area (Å²) in [5.41, 5.74) is 1.52. The molecule has 7 nitrogen and oxygen atoms in total. The number of aliphatic hydroxyl groups excluding tert-OH is 1. The second kappa shape index (κ2) is 10.8. The van der Waals surface area contributed by atoms with E-state index in [4.69, 9.17) is 21.1 Å². The summed E-state index contributed by atoms with van der Waals surface area (Å²) >= 11 is 6.20. The van der Waals surface area contributed by atoms with Gasteiger partial charge in [-0.15, -0.1) is 0 Å². The number of nitrogens with zero attached hydrogens (tertiary/aromatic N) is 2. The van der Waals surface area contributed by atoms with Gasteiger partial charge in [-0.05, 0) is 65.7 Å². The fraction of sp³-hybridized carbons (Fsp3) is 0.100. The SMILES string of the molecule is COc1ccc(Cl)cc1/C(O)=C1\C(=O)C(=O)N(Cc2ccncc2)C1c1cccc(Oc2ccccc2)c1. The Hall–Kier alpha value is -4.62. The highest BCUT2D eigenvalue weighted by molar-refractivity contribution is 6.46. The zero-order valence-electron chi connectivity index (χ0n) is 20.4. The Balaban J connectivity index is 1.65. The van der Waals surface area contributed by atoms with E-state index in [1.807, 2.05) is 30.3 Å². The summed E-state index contributed by atoms with van der Waals surface area (Å²) in [7, 11) is 1.45. The Labute approximate surface area is 224 Å². The average Bonchev–Trinajstić information content (AvgIpc) is 3.19. The Bertz CT molecular complexity index is 1520. The van der Waals surface area contributed by atoms with E-state index in [-0.39, 0.29) is 23.4 Å². The number of likely N-dealkylation sites (tertiary alicyclic amines) is 1. The third kappa shape index (κ3) is 4.96. The van der Waals surface area contributed by atoms with Crippen LogP contribution in [0, 0.1) is 0 Å².